The molecule has 146 valence electrons. The van der Waals surface area contributed by atoms with Crippen molar-refractivity contribution in [3.8, 4) is 11.5 Å². The highest BCUT2D eigenvalue weighted by Gasteiger charge is 2.28. The topological polar surface area (TPSA) is 86.5 Å². The van der Waals surface area contributed by atoms with Crippen LogP contribution in [0.5, 0.6) is 11.5 Å². The third-order valence-corrected chi connectivity index (χ3v) is 4.98. The summed E-state index contributed by atoms with van der Waals surface area (Å²) in [6.45, 7) is 1.80. The molecule has 2 atom stereocenters. The standard InChI is InChI=1S/C22H25N3O3/c1-13(24-2)21(26)18-16(9-10-17(27-3)22(18)28-4)19(23)20-15-8-6-5-7-14(15)11-12-25-20/h5-13,19,24H,23H2,1-4H3. The molecule has 0 bridgehead atoms. The van der Waals surface area contributed by atoms with E-state index in [4.69, 9.17) is 15.2 Å². The third kappa shape index (κ3) is 3.44. The van der Waals surface area contributed by atoms with Crippen LogP contribution in [0.4, 0.5) is 0 Å². The lowest BCUT2D eigenvalue weighted by Gasteiger charge is -2.22. The van der Waals surface area contributed by atoms with Gasteiger partial charge in [-0.3, -0.25) is 9.78 Å². The molecule has 0 spiro atoms. The van der Waals surface area contributed by atoms with Crippen molar-refractivity contribution < 1.29 is 14.3 Å². The molecule has 0 aliphatic carbocycles. The number of hydrogen-bond acceptors (Lipinski definition) is 6. The highest BCUT2D eigenvalue weighted by Crippen LogP contribution is 2.38. The summed E-state index contributed by atoms with van der Waals surface area (Å²) in [5, 5.41) is 4.98. The molecule has 0 fully saturated rings. The number of ketones is 1. The van der Waals surface area contributed by atoms with Gasteiger partial charge >= 0.3 is 0 Å². The van der Waals surface area contributed by atoms with Crippen LogP contribution in [0, 0.1) is 0 Å². The second kappa shape index (κ2) is 8.37. The fraction of sp³-hybridized carbons (Fsp3) is 0.273. The molecule has 0 aliphatic rings. The molecule has 0 radical (unpaired) electrons. The van der Waals surface area contributed by atoms with Gasteiger partial charge in [-0.15, -0.1) is 0 Å². The van der Waals surface area contributed by atoms with Crippen molar-refractivity contribution in [1.82, 2.24) is 10.3 Å². The molecule has 3 N–H and O–H groups in total. The number of nitrogens with zero attached hydrogens (tertiary/aromatic N) is 1. The van der Waals surface area contributed by atoms with Crippen molar-refractivity contribution in [3.63, 3.8) is 0 Å². The molecule has 0 saturated heterocycles. The van der Waals surface area contributed by atoms with Crippen molar-refractivity contribution in [2.24, 2.45) is 5.73 Å². The number of carbonyl (C=O) groups excluding carboxylic acids is 1. The largest absolute Gasteiger partial charge is 0.493 e. The lowest BCUT2D eigenvalue weighted by molar-refractivity contribution is 0.0950. The van der Waals surface area contributed by atoms with Gasteiger partial charge in [0.2, 0.25) is 0 Å². The monoisotopic (exact) mass is 379 g/mol. The molecule has 2 unspecified atom stereocenters. The Labute approximate surface area is 164 Å². The van der Waals surface area contributed by atoms with E-state index in [0.29, 0.717) is 28.3 Å². The average Bonchev–Trinajstić information content (AvgIpc) is 2.75. The lowest BCUT2D eigenvalue weighted by atomic mass is 9.90. The van der Waals surface area contributed by atoms with E-state index in [9.17, 15) is 4.79 Å². The Hall–Kier alpha value is -2.96. The number of benzene rings is 2. The van der Waals surface area contributed by atoms with Crippen LogP contribution < -0.4 is 20.5 Å². The zero-order chi connectivity index (χ0) is 20.3. The number of nitrogens with one attached hydrogen (secondary N) is 1. The number of ether oxygens (including phenoxy) is 2. The average molecular weight is 379 g/mol. The van der Waals surface area contributed by atoms with E-state index in [1.54, 1.807) is 33.3 Å². The van der Waals surface area contributed by atoms with Crippen molar-refractivity contribution in [2.45, 2.75) is 19.0 Å². The number of fused-ring (bicyclic) bond motifs is 1. The predicted molar refractivity (Wildman–Crippen MR) is 110 cm³/mol. The number of Topliss-reactive ketones (excluding diaryl/α,β-unsaturated/α-hetero) is 1. The molecule has 1 heterocycles. The van der Waals surface area contributed by atoms with E-state index in [1.165, 1.54) is 7.11 Å². The van der Waals surface area contributed by atoms with Crippen LogP contribution in [0.15, 0.2) is 48.7 Å². The highest BCUT2D eigenvalue weighted by molar-refractivity contribution is 6.04. The first-order valence-electron chi connectivity index (χ1n) is 9.09. The van der Waals surface area contributed by atoms with Crippen molar-refractivity contribution in [1.29, 1.82) is 0 Å². The summed E-state index contributed by atoms with van der Waals surface area (Å²) in [4.78, 5) is 17.7. The quantitative estimate of drug-likeness (QED) is 0.614. The highest BCUT2D eigenvalue weighted by atomic mass is 16.5. The maximum absolute atomic E-state index is 13.2. The van der Waals surface area contributed by atoms with E-state index >= 15 is 0 Å². The van der Waals surface area contributed by atoms with Gasteiger partial charge in [0.15, 0.2) is 17.3 Å². The van der Waals surface area contributed by atoms with E-state index < -0.39 is 12.1 Å². The fourth-order valence-corrected chi connectivity index (χ4v) is 3.34. The summed E-state index contributed by atoms with van der Waals surface area (Å²) in [6, 6.07) is 12.4. The molecule has 3 rings (SSSR count). The molecule has 0 amide bonds. The maximum Gasteiger partial charge on any atom is 0.183 e. The molecule has 0 aliphatic heterocycles. The van der Waals surface area contributed by atoms with Crippen LogP contribution in [0.3, 0.4) is 0 Å². The van der Waals surface area contributed by atoms with Crippen LogP contribution >= 0.6 is 0 Å². The number of methoxy groups -OCH3 is 2. The van der Waals surface area contributed by atoms with Gasteiger partial charge in [-0.25, -0.2) is 0 Å². The minimum absolute atomic E-state index is 0.121. The second-order valence-corrected chi connectivity index (χ2v) is 6.53. The lowest BCUT2D eigenvalue weighted by Crippen LogP contribution is -2.32. The van der Waals surface area contributed by atoms with Crippen molar-refractivity contribution in [3.05, 3.63) is 65.5 Å². The molecular weight excluding hydrogens is 354 g/mol. The van der Waals surface area contributed by atoms with E-state index in [1.807, 2.05) is 36.4 Å². The van der Waals surface area contributed by atoms with Crippen LogP contribution in [0.25, 0.3) is 10.8 Å². The Morgan fingerprint density at radius 2 is 1.86 bits per heavy atom. The number of aromatic nitrogens is 1. The number of hydrogen-bond donors (Lipinski definition) is 2. The first-order chi connectivity index (χ1) is 13.5. The minimum atomic E-state index is -0.603. The van der Waals surface area contributed by atoms with Gasteiger partial charge in [-0.05, 0) is 37.1 Å². The third-order valence-electron chi connectivity index (χ3n) is 4.98. The molecule has 2 aromatic carbocycles. The van der Waals surface area contributed by atoms with Crippen LogP contribution in [-0.2, 0) is 0 Å². The Morgan fingerprint density at radius 3 is 2.54 bits per heavy atom. The fourth-order valence-electron chi connectivity index (χ4n) is 3.34. The zero-order valence-electron chi connectivity index (χ0n) is 16.5. The van der Waals surface area contributed by atoms with Crippen molar-refractivity contribution >= 4 is 16.6 Å². The predicted octanol–water partition coefficient (Wildman–Crippen LogP) is 3.09. The maximum atomic E-state index is 13.2. The van der Waals surface area contributed by atoms with Crippen LogP contribution in [-0.4, -0.2) is 38.1 Å². The van der Waals surface area contributed by atoms with Gasteiger partial charge in [0, 0.05) is 11.6 Å². The SMILES string of the molecule is CNC(C)C(=O)c1c(C(N)c2nccc3ccccc23)ccc(OC)c1OC. The number of pyridine rings is 1. The first kappa shape index (κ1) is 19.8. The zero-order valence-corrected chi connectivity index (χ0v) is 16.5. The van der Waals surface area contributed by atoms with Gasteiger partial charge in [0.05, 0.1) is 37.6 Å². The molecule has 3 aromatic rings. The molecule has 28 heavy (non-hydrogen) atoms. The summed E-state index contributed by atoms with van der Waals surface area (Å²) in [5.74, 6) is 0.739. The first-order valence-corrected chi connectivity index (χ1v) is 9.09. The van der Waals surface area contributed by atoms with Gasteiger partial charge in [-0.1, -0.05) is 30.3 Å². The summed E-state index contributed by atoms with van der Waals surface area (Å²) in [5.41, 5.74) is 8.41. The Kier molecular flexibility index (Phi) is 5.92. The number of rotatable bonds is 7. The Balaban J connectivity index is 2.24. The molecule has 6 nitrogen and oxygen atoms in total. The molecular formula is C22H25N3O3. The van der Waals surface area contributed by atoms with Crippen LogP contribution in [0.2, 0.25) is 0 Å². The number of nitrogens with two attached hydrogens (primary N) is 1. The van der Waals surface area contributed by atoms with Gasteiger partial charge in [0.1, 0.15) is 0 Å². The minimum Gasteiger partial charge on any atom is -0.493 e. The number of carbonyl (C=O) groups is 1. The molecule has 0 saturated carbocycles. The Morgan fingerprint density at radius 1 is 1.11 bits per heavy atom. The van der Waals surface area contributed by atoms with Crippen LogP contribution in [0.1, 0.15) is 34.6 Å². The van der Waals surface area contributed by atoms with E-state index in [-0.39, 0.29) is 5.78 Å². The normalized spacial score (nSPS) is 13.2. The summed E-state index contributed by atoms with van der Waals surface area (Å²) >= 11 is 0. The van der Waals surface area contributed by atoms with Gasteiger partial charge < -0.3 is 20.5 Å². The van der Waals surface area contributed by atoms with Crippen molar-refractivity contribution in [2.75, 3.05) is 21.3 Å². The number of likely N-dealkylation sites (N-methyl/N-ethyl adjacent to an activating group) is 1. The van der Waals surface area contributed by atoms with E-state index in [2.05, 4.69) is 10.3 Å². The summed E-state index contributed by atoms with van der Waals surface area (Å²) in [6.07, 6.45) is 1.73. The van der Waals surface area contributed by atoms with E-state index in [0.717, 1.165) is 10.8 Å². The van der Waals surface area contributed by atoms with Gasteiger partial charge in [0.25, 0.3) is 0 Å². The second-order valence-electron chi connectivity index (χ2n) is 6.53. The smallest absolute Gasteiger partial charge is 0.183 e. The summed E-state index contributed by atoms with van der Waals surface area (Å²) in [7, 11) is 4.80. The summed E-state index contributed by atoms with van der Waals surface area (Å²) < 4.78 is 10.9. The Bertz CT molecular complexity index is 998. The van der Waals surface area contributed by atoms with Gasteiger partial charge in [-0.2, -0.15) is 0 Å². The molecule has 1 aromatic heterocycles. The molecule has 6 heteroatoms.